The van der Waals surface area contributed by atoms with E-state index in [1.54, 1.807) is 67.2 Å². The van der Waals surface area contributed by atoms with Gasteiger partial charge in [-0.15, -0.1) is 0 Å². The molecule has 24 nitrogen and oxygen atoms in total. The number of esters is 4. The Labute approximate surface area is 717 Å². The number of benzene rings is 4. The molecule has 24 heteroatoms. The molecule has 0 aliphatic rings. The molecule has 0 saturated heterocycles. The van der Waals surface area contributed by atoms with Crippen molar-refractivity contribution in [1.82, 2.24) is 39.1 Å². The number of nitriles is 4. The van der Waals surface area contributed by atoms with Gasteiger partial charge in [-0.2, -0.15) is 41.4 Å². The molecule has 4 unspecified atom stereocenters. The Morgan fingerprint density at radius 1 is 0.347 bits per heavy atom. The van der Waals surface area contributed by atoms with Crippen LogP contribution in [0.3, 0.4) is 0 Å². The summed E-state index contributed by atoms with van der Waals surface area (Å²) in [7, 11) is 0. The molecule has 121 heavy (non-hydrogen) atoms. The third-order valence-electron chi connectivity index (χ3n) is 18.8. The molecule has 4 aromatic heterocycles. The number of aromatic nitrogens is 8. The summed E-state index contributed by atoms with van der Waals surface area (Å²) >= 11 is 0. The van der Waals surface area contributed by atoms with Gasteiger partial charge in [-0.25, -0.2) is 0 Å². The fourth-order valence-corrected chi connectivity index (χ4v) is 12.4. The van der Waals surface area contributed by atoms with Crippen LogP contribution in [0.2, 0.25) is 0 Å². The number of carbonyl (C=O) groups excluding carboxylic acids is 4. The summed E-state index contributed by atoms with van der Waals surface area (Å²) in [5, 5.41) is 58.1. The van der Waals surface area contributed by atoms with Crippen molar-refractivity contribution < 1.29 is 57.1 Å². The zero-order chi connectivity index (χ0) is 90.8. The minimum absolute atomic E-state index is 0.00584. The molecule has 0 aliphatic carbocycles. The van der Waals surface area contributed by atoms with E-state index in [1.807, 2.05) is 184 Å². The quantitative estimate of drug-likeness (QED) is 0.0145. The highest BCUT2D eigenvalue weighted by Crippen LogP contribution is 2.37. The molecule has 0 saturated carbocycles. The van der Waals surface area contributed by atoms with E-state index in [0.29, 0.717) is 107 Å². The number of rotatable bonds is 28. The molecule has 0 radical (unpaired) electrons. The maximum Gasteiger partial charge on any atom is 0.311 e. The molecule has 4 aromatic carbocycles. The second-order valence-corrected chi connectivity index (χ2v) is 33.5. The third-order valence-corrected chi connectivity index (χ3v) is 18.8. The fourth-order valence-electron chi connectivity index (χ4n) is 12.4. The number of carbonyl (C=O) groups is 4. The van der Waals surface area contributed by atoms with Gasteiger partial charge in [-0.05, 0) is 152 Å². The van der Waals surface area contributed by atoms with Gasteiger partial charge in [0, 0.05) is 73.6 Å². The highest BCUT2D eigenvalue weighted by Gasteiger charge is 2.29. The van der Waals surface area contributed by atoms with Crippen LogP contribution in [0, 0.1) is 78.9 Å². The first-order chi connectivity index (χ1) is 56.7. The minimum Gasteiger partial charge on any atom is -0.451 e. The van der Waals surface area contributed by atoms with Crippen LogP contribution in [0.4, 0.5) is 0 Å². The lowest BCUT2D eigenvalue weighted by Crippen LogP contribution is -2.22. The van der Waals surface area contributed by atoms with Crippen molar-refractivity contribution in [2.45, 2.75) is 293 Å². The number of hydrogen-bond donors (Lipinski definition) is 0. The van der Waals surface area contributed by atoms with Crippen LogP contribution in [-0.4, -0.2) is 88.2 Å². The Kier molecular flexibility index (Phi) is 36.7. The number of ether oxygens (including phenoxy) is 8. The highest BCUT2D eigenvalue weighted by molar-refractivity contribution is 5.97. The molecule has 4 heterocycles. The standard InChI is InChI=1S/2C25H33N3O3.C24H31N3O3.C23H29N3O3/c1-9-28-22(14-17(4)27-28)23(30-18(5)31-24(29)16(2)3)21(15-26)19-10-12-20(13-11-19)25(6,7)8;1-8-10-23(29)30-18(4)31-24(22-15-17(3)27-28(22)9-2)21(16-26)19-11-13-20(14-12-19)25(5,6)7;1-8-22(28)29-17(4)30-23(21-14-16(3)26-27(21)9-2)20(15-25)18-10-12-19(13-11-18)24(5,6)7;1-8-26-21(13-15(2)25-26)22(29-17(4)28-16(3)27)20(14-24)18-9-11-19(12-10-18)23(5,6)7/h10-14,16,18H,9H2,1-8H3;11-15,18H,8-10H2,1-7H3;10-14,17H,8-9H2,1-7H3;9-13,17H,8H2,1-7H3/b23-21-;24-21-;23-20-;22-20-. The van der Waals surface area contributed by atoms with Crippen molar-refractivity contribution in [3.05, 3.63) is 211 Å². The van der Waals surface area contributed by atoms with Crippen molar-refractivity contribution in [3.8, 4) is 24.3 Å². The lowest BCUT2D eigenvalue weighted by Gasteiger charge is -2.21. The predicted molar refractivity (Wildman–Crippen MR) is 473 cm³/mol. The second kappa shape index (κ2) is 44.7. The van der Waals surface area contributed by atoms with Crippen molar-refractivity contribution >= 4 is 69.2 Å². The third kappa shape index (κ3) is 28.7. The van der Waals surface area contributed by atoms with Crippen LogP contribution < -0.4 is 0 Å². The maximum atomic E-state index is 12.0. The average Bonchev–Trinajstić information content (AvgIpc) is 1.73. The van der Waals surface area contributed by atoms with E-state index in [2.05, 4.69) is 128 Å². The molecule has 8 aromatic rings. The Morgan fingerprint density at radius 3 is 0.760 bits per heavy atom. The van der Waals surface area contributed by atoms with Gasteiger partial charge in [-0.3, -0.25) is 37.9 Å². The van der Waals surface area contributed by atoms with E-state index in [0.717, 1.165) is 45.0 Å². The van der Waals surface area contributed by atoms with Crippen molar-refractivity contribution in [3.63, 3.8) is 0 Å². The van der Waals surface area contributed by atoms with Gasteiger partial charge in [0.1, 0.15) is 69.3 Å². The van der Waals surface area contributed by atoms with Crippen LogP contribution in [0.1, 0.15) is 282 Å². The summed E-state index contributed by atoms with van der Waals surface area (Å²) in [4.78, 5) is 47.0. The molecule has 4 atom stereocenters. The first-order valence-electron chi connectivity index (χ1n) is 41.4. The largest absolute Gasteiger partial charge is 0.451 e. The summed E-state index contributed by atoms with van der Waals surface area (Å²) in [6.07, 6.45) is -2.13. The first kappa shape index (κ1) is 99.3. The Morgan fingerprint density at radius 2 is 0.570 bits per heavy atom. The topological polar surface area (TPSA) is 309 Å². The lowest BCUT2D eigenvalue weighted by atomic mass is 9.86. The molecule has 0 N–H and O–H groups in total. The number of nitrogens with zero attached hydrogens (tertiary/aromatic N) is 12. The second-order valence-electron chi connectivity index (χ2n) is 33.5. The van der Waals surface area contributed by atoms with E-state index in [1.165, 1.54) is 29.2 Å². The zero-order valence-corrected chi connectivity index (χ0v) is 76.6. The summed E-state index contributed by atoms with van der Waals surface area (Å²) < 4.78 is 52.5. The van der Waals surface area contributed by atoms with Crippen molar-refractivity contribution in [2.75, 3.05) is 0 Å². The number of allylic oxidation sites excluding steroid dienone is 4. The maximum absolute atomic E-state index is 12.0. The molecule has 0 bridgehead atoms. The van der Waals surface area contributed by atoms with Crippen LogP contribution >= 0.6 is 0 Å². The molecule has 0 aliphatic heterocycles. The summed E-state index contributed by atoms with van der Waals surface area (Å²) in [5.41, 5.74) is 15.0. The van der Waals surface area contributed by atoms with Gasteiger partial charge in [0.05, 0.1) is 28.7 Å². The molecule has 0 amide bonds. The van der Waals surface area contributed by atoms with Crippen LogP contribution in [-0.2, 0) is 105 Å². The molecule has 8 rings (SSSR count). The minimum atomic E-state index is -0.859. The Hall–Kier alpha value is -12.3. The van der Waals surface area contributed by atoms with Crippen molar-refractivity contribution in [1.29, 1.82) is 21.0 Å². The number of aryl methyl sites for hydroxylation is 8. The van der Waals surface area contributed by atoms with Gasteiger partial charge in [0.15, 0.2) is 23.0 Å². The lowest BCUT2D eigenvalue weighted by molar-refractivity contribution is -0.168. The van der Waals surface area contributed by atoms with Gasteiger partial charge in [0.2, 0.25) is 25.2 Å². The van der Waals surface area contributed by atoms with E-state index in [9.17, 15) is 40.2 Å². The first-order valence-corrected chi connectivity index (χ1v) is 41.4. The van der Waals surface area contributed by atoms with Crippen LogP contribution in [0.15, 0.2) is 121 Å². The van der Waals surface area contributed by atoms with Crippen molar-refractivity contribution in [2.24, 2.45) is 5.92 Å². The van der Waals surface area contributed by atoms with E-state index < -0.39 is 31.1 Å². The molecular formula is C97H126N12O12. The number of hydrogen-bond acceptors (Lipinski definition) is 20. The van der Waals surface area contributed by atoms with Gasteiger partial charge in [0.25, 0.3) is 0 Å². The SMILES string of the molecule is CCC(=O)OC(C)O/C(=C(/C#N)c1ccc(C(C)(C)C)cc1)c1cc(C)nn1CC.CCCC(=O)OC(C)O/C(=C(/C#N)c1ccc(C(C)(C)C)cc1)c1cc(C)nn1CC.CCn1nc(C)cc1/C(OC(C)OC(=O)C(C)C)=C(\C#N)c1ccc(C(C)(C)C)cc1.CCn1nc(C)cc1/C(OC(C)OC(C)=O)=C(\C#N)c1ccc(C(C)(C)C)cc1. The van der Waals surface area contributed by atoms with Crippen LogP contribution in [0.25, 0.3) is 45.3 Å². The Balaban J connectivity index is 0.000000287. The summed E-state index contributed by atoms with van der Waals surface area (Å²) in [5.74, 6) is -0.403. The van der Waals surface area contributed by atoms with Gasteiger partial charge in [-0.1, -0.05) is 208 Å². The van der Waals surface area contributed by atoms with E-state index in [-0.39, 0.29) is 51.9 Å². The monoisotopic (exact) mass is 1650 g/mol. The summed E-state index contributed by atoms with van der Waals surface area (Å²) in [6, 6.07) is 48.2. The molecule has 646 valence electrons. The fraction of sp³-hybridized carbons (Fsp3) is 0.464. The molecular weight excluding hydrogens is 1530 g/mol. The van der Waals surface area contributed by atoms with E-state index >= 15 is 0 Å². The molecule has 0 spiro atoms. The molecule has 0 fully saturated rings. The zero-order valence-electron chi connectivity index (χ0n) is 76.6. The predicted octanol–water partition coefficient (Wildman–Crippen LogP) is 21.1. The van der Waals surface area contributed by atoms with Gasteiger partial charge >= 0.3 is 23.9 Å². The van der Waals surface area contributed by atoms with Crippen LogP contribution in [0.5, 0.6) is 0 Å². The smallest absolute Gasteiger partial charge is 0.311 e. The average molecular weight is 1650 g/mol. The van der Waals surface area contributed by atoms with E-state index in [4.69, 9.17) is 37.9 Å². The highest BCUT2D eigenvalue weighted by atomic mass is 16.7. The normalized spacial score (nSPS) is 13.3. The van der Waals surface area contributed by atoms with Gasteiger partial charge < -0.3 is 37.9 Å². The summed E-state index contributed by atoms with van der Waals surface area (Å²) in [6.45, 7) is 58.6. The Bertz CT molecular complexity index is 5140.